The number of nitrogens with one attached hydrogen (secondary N) is 2. The van der Waals surface area contributed by atoms with Crippen LogP contribution >= 0.6 is 11.8 Å². The highest BCUT2D eigenvalue weighted by atomic mass is 32.2. The van der Waals surface area contributed by atoms with Crippen LogP contribution in [0.5, 0.6) is 0 Å². The topological polar surface area (TPSA) is 91.4 Å². The molecule has 1 saturated heterocycles. The van der Waals surface area contributed by atoms with E-state index in [2.05, 4.69) is 15.6 Å². The smallest absolute Gasteiger partial charge is 0.251 e. The number of rotatable bonds is 8. The van der Waals surface area contributed by atoms with Crippen molar-refractivity contribution in [3.05, 3.63) is 84.1 Å². The number of hydrogen-bond acceptors (Lipinski definition) is 5. The summed E-state index contributed by atoms with van der Waals surface area (Å²) in [6.07, 6.45) is 3.17. The van der Waals surface area contributed by atoms with Gasteiger partial charge in [0.25, 0.3) is 5.91 Å². The highest BCUT2D eigenvalue weighted by Gasteiger charge is 2.21. The Morgan fingerprint density at radius 2 is 1.88 bits per heavy atom. The Kier molecular flexibility index (Phi) is 7.36. The minimum absolute atomic E-state index is 0.100. The standard InChI is InChI=1S/C25H24N4O3S/c30-22(28-20-6-3-5-18(15-20)17-33-23-7-1-2-13-26-23)16-27-25(32)19-9-11-21(12-10-19)29-14-4-8-24(29)31/h1-3,5-7,9-13,15H,4,8,14,16-17H2,(H,27,32)(H,28,30). The van der Waals surface area contributed by atoms with Gasteiger partial charge in [-0.1, -0.05) is 18.2 Å². The van der Waals surface area contributed by atoms with E-state index in [0.717, 1.165) is 28.5 Å². The first-order valence-corrected chi connectivity index (χ1v) is 11.7. The maximum Gasteiger partial charge on any atom is 0.251 e. The third-order valence-electron chi connectivity index (χ3n) is 5.16. The number of benzene rings is 2. The maximum atomic E-state index is 12.4. The Morgan fingerprint density at radius 3 is 2.61 bits per heavy atom. The van der Waals surface area contributed by atoms with Gasteiger partial charge in [0.2, 0.25) is 11.8 Å². The van der Waals surface area contributed by atoms with Crippen molar-refractivity contribution in [2.24, 2.45) is 0 Å². The predicted molar refractivity (Wildman–Crippen MR) is 129 cm³/mol. The first kappa shape index (κ1) is 22.5. The molecule has 8 heteroatoms. The van der Waals surface area contributed by atoms with E-state index in [0.29, 0.717) is 24.2 Å². The molecule has 168 valence electrons. The van der Waals surface area contributed by atoms with Gasteiger partial charge in [-0.3, -0.25) is 14.4 Å². The predicted octanol–water partition coefficient (Wildman–Crippen LogP) is 3.87. The quantitative estimate of drug-likeness (QED) is 0.498. The highest BCUT2D eigenvalue weighted by molar-refractivity contribution is 7.98. The monoisotopic (exact) mass is 460 g/mol. The van der Waals surface area contributed by atoms with Crippen molar-refractivity contribution in [3.8, 4) is 0 Å². The Morgan fingerprint density at radius 1 is 1.03 bits per heavy atom. The molecule has 0 unspecified atom stereocenters. The molecule has 0 aliphatic carbocycles. The SMILES string of the molecule is O=C(CNC(=O)c1ccc(N2CCCC2=O)cc1)Nc1cccc(CSc2ccccn2)c1. The van der Waals surface area contributed by atoms with Gasteiger partial charge >= 0.3 is 0 Å². The van der Waals surface area contributed by atoms with Gasteiger partial charge in [0.1, 0.15) is 0 Å². The van der Waals surface area contributed by atoms with Crippen LogP contribution in [0.1, 0.15) is 28.8 Å². The zero-order valence-electron chi connectivity index (χ0n) is 18.0. The van der Waals surface area contributed by atoms with Crippen LogP contribution in [0.25, 0.3) is 0 Å². The van der Waals surface area contributed by atoms with Crippen molar-refractivity contribution in [2.75, 3.05) is 23.3 Å². The molecule has 0 spiro atoms. The molecule has 1 aliphatic rings. The molecule has 33 heavy (non-hydrogen) atoms. The van der Waals surface area contributed by atoms with Crippen molar-refractivity contribution in [1.29, 1.82) is 0 Å². The average Bonchev–Trinajstić information content (AvgIpc) is 3.28. The first-order valence-electron chi connectivity index (χ1n) is 10.7. The van der Waals surface area contributed by atoms with Gasteiger partial charge in [0, 0.05) is 41.9 Å². The molecule has 1 aromatic heterocycles. The second-order valence-electron chi connectivity index (χ2n) is 7.58. The molecule has 2 aromatic carbocycles. The lowest BCUT2D eigenvalue weighted by Gasteiger charge is -2.15. The zero-order valence-corrected chi connectivity index (χ0v) is 18.8. The summed E-state index contributed by atoms with van der Waals surface area (Å²) in [6, 6.07) is 20.2. The number of nitrogens with zero attached hydrogens (tertiary/aromatic N) is 2. The number of carbonyl (C=O) groups excluding carboxylic acids is 3. The minimum Gasteiger partial charge on any atom is -0.343 e. The summed E-state index contributed by atoms with van der Waals surface area (Å²) < 4.78 is 0. The number of amides is 3. The summed E-state index contributed by atoms with van der Waals surface area (Å²) in [7, 11) is 0. The maximum absolute atomic E-state index is 12.4. The van der Waals surface area contributed by atoms with Crippen molar-refractivity contribution < 1.29 is 14.4 Å². The van der Waals surface area contributed by atoms with E-state index < -0.39 is 0 Å². The third kappa shape index (κ3) is 6.20. The summed E-state index contributed by atoms with van der Waals surface area (Å²) in [5, 5.41) is 6.39. The van der Waals surface area contributed by atoms with Crippen molar-refractivity contribution >= 4 is 40.9 Å². The van der Waals surface area contributed by atoms with Gasteiger partial charge in [0.05, 0.1) is 11.6 Å². The second kappa shape index (κ2) is 10.8. The Hall–Kier alpha value is -3.65. The molecule has 0 radical (unpaired) electrons. The number of thioether (sulfide) groups is 1. The van der Waals surface area contributed by atoms with Gasteiger partial charge in [-0.05, 0) is 60.5 Å². The number of aromatic nitrogens is 1. The van der Waals surface area contributed by atoms with Crippen LogP contribution in [-0.2, 0) is 15.3 Å². The number of hydrogen-bond donors (Lipinski definition) is 2. The highest BCUT2D eigenvalue weighted by Crippen LogP contribution is 2.23. The summed E-state index contributed by atoms with van der Waals surface area (Å²) in [5.74, 6) is 0.182. The van der Waals surface area contributed by atoms with Crippen LogP contribution in [-0.4, -0.2) is 35.8 Å². The van der Waals surface area contributed by atoms with Gasteiger partial charge in [0.15, 0.2) is 0 Å². The van der Waals surface area contributed by atoms with E-state index in [4.69, 9.17) is 0 Å². The van der Waals surface area contributed by atoms with E-state index in [9.17, 15) is 14.4 Å². The Labute approximate surface area is 196 Å². The van der Waals surface area contributed by atoms with E-state index in [1.54, 1.807) is 47.1 Å². The van der Waals surface area contributed by atoms with Crippen LogP contribution in [0, 0.1) is 0 Å². The van der Waals surface area contributed by atoms with E-state index in [1.165, 1.54) is 0 Å². The number of carbonyl (C=O) groups is 3. The molecule has 3 amide bonds. The summed E-state index contributed by atoms with van der Waals surface area (Å²) in [4.78, 5) is 42.6. The largest absolute Gasteiger partial charge is 0.343 e. The lowest BCUT2D eigenvalue weighted by Crippen LogP contribution is -2.32. The van der Waals surface area contributed by atoms with Crippen molar-refractivity contribution in [1.82, 2.24) is 10.3 Å². The van der Waals surface area contributed by atoms with Gasteiger partial charge in [-0.25, -0.2) is 4.98 Å². The molecular weight excluding hydrogens is 436 g/mol. The van der Waals surface area contributed by atoms with E-state index in [-0.39, 0.29) is 24.3 Å². The summed E-state index contributed by atoms with van der Waals surface area (Å²) >= 11 is 1.62. The van der Waals surface area contributed by atoms with Crippen molar-refractivity contribution in [3.63, 3.8) is 0 Å². The lowest BCUT2D eigenvalue weighted by molar-refractivity contribution is -0.117. The van der Waals surface area contributed by atoms with Crippen LogP contribution < -0.4 is 15.5 Å². The number of anilines is 2. The van der Waals surface area contributed by atoms with Crippen LogP contribution in [0.3, 0.4) is 0 Å². The zero-order chi connectivity index (χ0) is 23.0. The third-order valence-corrected chi connectivity index (χ3v) is 6.17. The Bertz CT molecular complexity index is 1140. The fraction of sp³-hybridized carbons (Fsp3) is 0.200. The molecule has 4 rings (SSSR count). The normalized spacial score (nSPS) is 13.1. The van der Waals surface area contributed by atoms with Crippen LogP contribution in [0.4, 0.5) is 11.4 Å². The summed E-state index contributed by atoms with van der Waals surface area (Å²) in [6.45, 7) is 0.561. The van der Waals surface area contributed by atoms with Crippen LogP contribution in [0.2, 0.25) is 0 Å². The fourth-order valence-electron chi connectivity index (χ4n) is 3.51. The second-order valence-corrected chi connectivity index (χ2v) is 8.58. The fourth-order valence-corrected chi connectivity index (χ4v) is 4.31. The van der Waals surface area contributed by atoms with E-state index in [1.807, 2.05) is 42.5 Å². The van der Waals surface area contributed by atoms with Gasteiger partial charge in [-0.15, -0.1) is 11.8 Å². The lowest BCUT2D eigenvalue weighted by atomic mass is 10.2. The van der Waals surface area contributed by atoms with Crippen molar-refractivity contribution in [2.45, 2.75) is 23.6 Å². The first-order chi connectivity index (χ1) is 16.1. The molecule has 0 atom stereocenters. The molecule has 0 bridgehead atoms. The van der Waals surface area contributed by atoms with Crippen LogP contribution in [0.15, 0.2) is 78.0 Å². The summed E-state index contributed by atoms with van der Waals surface area (Å²) in [5.41, 5.74) is 2.96. The van der Waals surface area contributed by atoms with Gasteiger partial charge < -0.3 is 15.5 Å². The molecule has 1 aliphatic heterocycles. The molecular formula is C25H24N4O3S. The number of pyridine rings is 1. The van der Waals surface area contributed by atoms with E-state index >= 15 is 0 Å². The molecule has 2 N–H and O–H groups in total. The Balaban J connectivity index is 1.26. The molecule has 1 fully saturated rings. The average molecular weight is 461 g/mol. The molecule has 0 saturated carbocycles. The van der Waals surface area contributed by atoms with Gasteiger partial charge in [-0.2, -0.15) is 0 Å². The molecule has 3 aromatic rings. The molecule has 2 heterocycles. The minimum atomic E-state index is -0.343. The molecule has 7 nitrogen and oxygen atoms in total.